The van der Waals surface area contributed by atoms with Gasteiger partial charge >= 0.3 is 0 Å². The van der Waals surface area contributed by atoms with Crippen LogP contribution >= 0.6 is 35.6 Å². The number of nitrogens with one attached hydrogen (secondary N) is 2. The molecule has 1 aliphatic rings. The fourth-order valence-corrected chi connectivity index (χ4v) is 4.25. The van der Waals surface area contributed by atoms with Crippen molar-refractivity contribution in [2.24, 2.45) is 4.99 Å². The van der Waals surface area contributed by atoms with Gasteiger partial charge in [-0.15, -0.1) is 24.0 Å². The number of guanidine groups is 1. The lowest BCUT2D eigenvalue weighted by Gasteiger charge is -2.33. The summed E-state index contributed by atoms with van der Waals surface area (Å²) in [6.45, 7) is 11.2. The van der Waals surface area contributed by atoms with E-state index in [-0.39, 0.29) is 36.3 Å². The van der Waals surface area contributed by atoms with Crippen molar-refractivity contribution in [2.45, 2.75) is 57.9 Å². The van der Waals surface area contributed by atoms with Gasteiger partial charge in [0.2, 0.25) is 0 Å². The predicted molar refractivity (Wildman–Crippen MR) is 138 cm³/mol. The maximum atomic E-state index is 12.3. The second kappa shape index (κ2) is 12.5. The molecular formula is C21H36ClIN4O2S. The Labute approximate surface area is 204 Å². The first-order valence-corrected chi connectivity index (χ1v) is 12.4. The van der Waals surface area contributed by atoms with E-state index in [0.717, 1.165) is 44.0 Å². The molecule has 1 aliphatic heterocycles. The zero-order valence-electron chi connectivity index (χ0n) is 18.4. The van der Waals surface area contributed by atoms with Crippen molar-refractivity contribution in [1.29, 1.82) is 0 Å². The van der Waals surface area contributed by atoms with E-state index in [1.165, 1.54) is 5.56 Å². The van der Waals surface area contributed by atoms with Gasteiger partial charge in [0.1, 0.15) is 0 Å². The monoisotopic (exact) mass is 570 g/mol. The average molecular weight is 571 g/mol. The van der Waals surface area contributed by atoms with Gasteiger partial charge in [0.05, 0.1) is 17.0 Å². The van der Waals surface area contributed by atoms with Crippen LogP contribution < -0.4 is 10.6 Å². The summed E-state index contributed by atoms with van der Waals surface area (Å²) in [6.07, 6.45) is 2.05. The van der Waals surface area contributed by atoms with E-state index in [0.29, 0.717) is 12.0 Å². The summed E-state index contributed by atoms with van der Waals surface area (Å²) < 4.78 is 23.8. The summed E-state index contributed by atoms with van der Waals surface area (Å²) in [7, 11) is -3.16. The Morgan fingerprint density at radius 1 is 1.20 bits per heavy atom. The number of halogens is 2. The molecule has 1 aromatic rings. The van der Waals surface area contributed by atoms with Gasteiger partial charge in [0.15, 0.2) is 15.8 Å². The minimum Gasteiger partial charge on any atom is -0.357 e. The number of rotatable bonds is 7. The van der Waals surface area contributed by atoms with Crippen LogP contribution in [0.15, 0.2) is 29.3 Å². The SMILES string of the molecule is CCNC(=NCCS(=O)(=O)C(C)(C)C)NC1CCN(Cc2ccc(Cl)cc2)CC1.I. The van der Waals surface area contributed by atoms with Crippen LogP contribution in [0.5, 0.6) is 0 Å². The Balaban J connectivity index is 0.00000450. The van der Waals surface area contributed by atoms with E-state index in [9.17, 15) is 8.42 Å². The van der Waals surface area contributed by atoms with Crippen LogP contribution in [0.25, 0.3) is 0 Å². The van der Waals surface area contributed by atoms with Gasteiger partial charge in [-0.1, -0.05) is 23.7 Å². The fourth-order valence-electron chi connectivity index (χ4n) is 3.18. The van der Waals surface area contributed by atoms with Gasteiger partial charge < -0.3 is 10.6 Å². The molecule has 1 fully saturated rings. The molecule has 1 saturated heterocycles. The van der Waals surface area contributed by atoms with E-state index in [2.05, 4.69) is 32.7 Å². The quantitative estimate of drug-likeness (QED) is 0.297. The second-order valence-electron chi connectivity index (χ2n) is 8.51. The number of aliphatic imine (C=N–C) groups is 1. The molecule has 172 valence electrons. The molecule has 6 nitrogen and oxygen atoms in total. The third-order valence-electron chi connectivity index (χ3n) is 5.16. The van der Waals surface area contributed by atoms with Crippen molar-refractivity contribution in [3.8, 4) is 0 Å². The summed E-state index contributed by atoms with van der Waals surface area (Å²) in [4.78, 5) is 6.94. The van der Waals surface area contributed by atoms with Crippen LogP contribution in [0.1, 0.15) is 46.1 Å². The fraction of sp³-hybridized carbons (Fsp3) is 0.667. The number of likely N-dealkylation sites (tertiary alicyclic amines) is 1. The second-order valence-corrected chi connectivity index (χ2v) is 11.8. The maximum Gasteiger partial charge on any atom is 0.191 e. The molecule has 0 unspecified atom stereocenters. The van der Waals surface area contributed by atoms with Crippen LogP contribution in [0.3, 0.4) is 0 Å². The Morgan fingerprint density at radius 2 is 1.80 bits per heavy atom. The molecule has 1 heterocycles. The molecule has 0 amide bonds. The molecule has 30 heavy (non-hydrogen) atoms. The molecular weight excluding hydrogens is 535 g/mol. The minimum atomic E-state index is -3.16. The highest BCUT2D eigenvalue weighted by atomic mass is 127. The molecule has 0 aliphatic carbocycles. The molecule has 2 N–H and O–H groups in total. The Hall–Kier alpha value is -0.580. The molecule has 9 heteroatoms. The van der Waals surface area contributed by atoms with Crippen molar-refractivity contribution in [2.75, 3.05) is 31.9 Å². The topological polar surface area (TPSA) is 73.8 Å². The van der Waals surface area contributed by atoms with Gasteiger partial charge in [0.25, 0.3) is 0 Å². The van der Waals surface area contributed by atoms with E-state index >= 15 is 0 Å². The molecule has 1 aromatic carbocycles. The van der Waals surface area contributed by atoms with E-state index in [4.69, 9.17) is 11.6 Å². The van der Waals surface area contributed by atoms with Gasteiger partial charge in [-0.25, -0.2) is 8.42 Å². The highest BCUT2D eigenvalue weighted by Crippen LogP contribution is 2.17. The lowest BCUT2D eigenvalue weighted by atomic mass is 10.0. The van der Waals surface area contributed by atoms with Gasteiger partial charge in [-0.3, -0.25) is 9.89 Å². The zero-order chi connectivity index (χ0) is 21.5. The van der Waals surface area contributed by atoms with Crippen LogP contribution in [0.2, 0.25) is 5.02 Å². The Bertz CT molecular complexity index is 771. The number of nitrogens with zero attached hydrogens (tertiary/aromatic N) is 2. The first-order valence-electron chi connectivity index (χ1n) is 10.3. The van der Waals surface area contributed by atoms with E-state index in [1.807, 2.05) is 19.1 Å². The molecule has 0 radical (unpaired) electrons. The average Bonchev–Trinajstić information content (AvgIpc) is 2.64. The number of piperidine rings is 1. The first kappa shape index (κ1) is 27.5. The predicted octanol–water partition coefficient (Wildman–Crippen LogP) is 3.69. The largest absolute Gasteiger partial charge is 0.357 e. The first-order chi connectivity index (χ1) is 13.6. The van der Waals surface area contributed by atoms with Crippen LogP contribution in [0.4, 0.5) is 0 Å². The summed E-state index contributed by atoms with van der Waals surface area (Å²) in [6, 6.07) is 8.37. The Kier molecular flexibility index (Phi) is 11.4. The van der Waals surface area contributed by atoms with Crippen molar-refractivity contribution in [3.05, 3.63) is 34.9 Å². The van der Waals surface area contributed by atoms with Crippen LogP contribution in [-0.4, -0.2) is 62.0 Å². The highest BCUT2D eigenvalue weighted by molar-refractivity contribution is 14.0. The van der Waals surface area contributed by atoms with Crippen molar-refractivity contribution < 1.29 is 8.42 Å². The molecule has 0 saturated carbocycles. The standard InChI is InChI=1S/C21H35ClN4O2S.HI/c1-5-23-20(24-12-15-29(27,28)21(2,3)4)25-19-10-13-26(14-11-19)16-17-6-8-18(22)9-7-17;/h6-9,19H,5,10-16H2,1-4H3,(H2,23,24,25);1H. The number of sulfone groups is 1. The normalized spacial score (nSPS) is 16.8. The van der Waals surface area contributed by atoms with Gasteiger partial charge in [-0.05, 0) is 58.2 Å². The molecule has 0 atom stereocenters. The minimum absolute atomic E-state index is 0. The van der Waals surface area contributed by atoms with Gasteiger partial charge in [0, 0.05) is 37.2 Å². The van der Waals surface area contributed by atoms with E-state index in [1.54, 1.807) is 20.8 Å². The third kappa shape index (κ3) is 8.88. The number of benzene rings is 1. The summed E-state index contributed by atoms with van der Waals surface area (Å²) in [5, 5.41) is 7.47. The maximum absolute atomic E-state index is 12.3. The van der Waals surface area contributed by atoms with Crippen molar-refractivity contribution >= 4 is 51.4 Å². The number of hydrogen-bond acceptors (Lipinski definition) is 4. The van der Waals surface area contributed by atoms with E-state index < -0.39 is 14.6 Å². The molecule has 2 rings (SSSR count). The summed E-state index contributed by atoms with van der Waals surface area (Å²) in [5.74, 6) is 0.764. The van der Waals surface area contributed by atoms with Crippen LogP contribution in [0, 0.1) is 0 Å². The lowest BCUT2D eigenvalue weighted by Crippen LogP contribution is -2.48. The zero-order valence-corrected chi connectivity index (χ0v) is 22.4. The number of hydrogen-bond donors (Lipinski definition) is 2. The summed E-state index contributed by atoms with van der Waals surface area (Å²) in [5.41, 5.74) is 1.27. The molecule has 0 aromatic heterocycles. The highest BCUT2D eigenvalue weighted by Gasteiger charge is 2.28. The van der Waals surface area contributed by atoms with Crippen LogP contribution in [-0.2, 0) is 16.4 Å². The lowest BCUT2D eigenvalue weighted by molar-refractivity contribution is 0.198. The third-order valence-corrected chi connectivity index (χ3v) is 7.99. The molecule has 0 spiro atoms. The van der Waals surface area contributed by atoms with Crippen molar-refractivity contribution in [3.63, 3.8) is 0 Å². The Morgan fingerprint density at radius 3 is 2.33 bits per heavy atom. The van der Waals surface area contributed by atoms with Gasteiger partial charge in [-0.2, -0.15) is 0 Å². The smallest absolute Gasteiger partial charge is 0.191 e. The van der Waals surface area contributed by atoms with Crippen molar-refractivity contribution in [1.82, 2.24) is 15.5 Å². The molecule has 0 bridgehead atoms. The summed E-state index contributed by atoms with van der Waals surface area (Å²) >= 11 is 5.96.